The maximum Gasteiger partial charge on any atom is 0.356 e. The van der Waals surface area contributed by atoms with Crippen molar-refractivity contribution in [2.45, 2.75) is 13.0 Å². The van der Waals surface area contributed by atoms with E-state index >= 15 is 0 Å². The third-order valence-electron chi connectivity index (χ3n) is 2.30. The minimum Gasteiger partial charge on any atom is -0.476 e. The molecule has 0 amide bonds. The van der Waals surface area contributed by atoms with Crippen LogP contribution in [0, 0.1) is 0 Å². The van der Waals surface area contributed by atoms with Crippen molar-refractivity contribution >= 4 is 5.97 Å². The molecule has 1 aromatic rings. The second-order valence-electron chi connectivity index (χ2n) is 3.42. The van der Waals surface area contributed by atoms with Gasteiger partial charge in [0, 0.05) is 12.7 Å². The lowest BCUT2D eigenvalue weighted by atomic mass is 10.1. The first-order valence-electron chi connectivity index (χ1n) is 4.76. The van der Waals surface area contributed by atoms with E-state index in [1.54, 1.807) is 17.1 Å². The lowest BCUT2D eigenvalue weighted by Gasteiger charge is -2.13. The van der Waals surface area contributed by atoms with Crippen molar-refractivity contribution in [3.63, 3.8) is 0 Å². The minimum absolute atomic E-state index is 0.0858. The second-order valence-corrected chi connectivity index (χ2v) is 3.42. The van der Waals surface area contributed by atoms with E-state index in [1.165, 1.54) is 5.57 Å². The Morgan fingerprint density at radius 1 is 1.67 bits per heavy atom. The molecule has 5 heteroatoms. The van der Waals surface area contributed by atoms with Crippen LogP contribution in [0.3, 0.4) is 0 Å². The van der Waals surface area contributed by atoms with Gasteiger partial charge >= 0.3 is 5.97 Å². The maximum absolute atomic E-state index is 10.6. The van der Waals surface area contributed by atoms with E-state index in [9.17, 15) is 4.79 Å². The fourth-order valence-electron chi connectivity index (χ4n) is 1.50. The SMILES string of the molecule is O=C(O)c1cn(CC2=CCOCC2)cn1. The predicted octanol–water partition coefficient (Wildman–Crippen LogP) is 0.928. The summed E-state index contributed by atoms with van der Waals surface area (Å²) in [5.74, 6) is -0.991. The molecule has 0 unspecified atom stereocenters. The van der Waals surface area contributed by atoms with Crippen LogP contribution >= 0.6 is 0 Å². The monoisotopic (exact) mass is 208 g/mol. The van der Waals surface area contributed by atoms with Crippen LogP contribution < -0.4 is 0 Å². The Balaban J connectivity index is 2.04. The summed E-state index contributed by atoms with van der Waals surface area (Å²) < 4.78 is 6.96. The molecule has 2 heterocycles. The second kappa shape index (κ2) is 4.27. The van der Waals surface area contributed by atoms with Crippen molar-refractivity contribution in [1.29, 1.82) is 0 Å². The van der Waals surface area contributed by atoms with Crippen molar-refractivity contribution in [3.8, 4) is 0 Å². The van der Waals surface area contributed by atoms with E-state index in [0.29, 0.717) is 13.2 Å². The first kappa shape index (κ1) is 9.92. The molecule has 0 saturated carbocycles. The maximum atomic E-state index is 10.6. The van der Waals surface area contributed by atoms with Crippen LogP contribution in [0.25, 0.3) is 0 Å². The first-order valence-corrected chi connectivity index (χ1v) is 4.76. The van der Waals surface area contributed by atoms with Gasteiger partial charge in [0.1, 0.15) is 0 Å². The number of hydrogen-bond donors (Lipinski definition) is 1. The number of aromatic nitrogens is 2. The van der Waals surface area contributed by atoms with Crippen molar-refractivity contribution in [3.05, 3.63) is 29.9 Å². The fraction of sp³-hybridized carbons (Fsp3) is 0.400. The molecular weight excluding hydrogens is 196 g/mol. The third kappa shape index (κ3) is 2.44. The first-order chi connectivity index (χ1) is 7.25. The van der Waals surface area contributed by atoms with Gasteiger partial charge in [-0.2, -0.15) is 0 Å². The van der Waals surface area contributed by atoms with Crippen molar-refractivity contribution < 1.29 is 14.6 Å². The number of ether oxygens (including phenoxy) is 1. The van der Waals surface area contributed by atoms with E-state index in [0.717, 1.165) is 13.0 Å². The third-order valence-corrected chi connectivity index (χ3v) is 2.30. The van der Waals surface area contributed by atoms with E-state index < -0.39 is 5.97 Å². The molecule has 0 spiro atoms. The number of imidazole rings is 1. The van der Waals surface area contributed by atoms with E-state index in [2.05, 4.69) is 4.98 Å². The average molecular weight is 208 g/mol. The zero-order valence-electron chi connectivity index (χ0n) is 8.22. The summed E-state index contributed by atoms with van der Waals surface area (Å²) in [7, 11) is 0. The Hall–Kier alpha value is -1.62. The predicted molar refractivity (Wildman–Crippen MR) is 52.7 cm³/mol. The van der Waals surface area contributed by atoms with Crippen LogP contribution in [0.1, 0.15) is 16.9 Å². The summed E-state index contributed by atoms with van der Waals surface area (Å²) in [5, 5.41) is 8.69. The molecule has 0 aromatic carbocycles. The molecule has 1 aliphatic heterocycles. The number of hydrogen-bond acceptors (Lipinski definition) is 3. The van der Waals surface area contributed by atoms with Gasteiger partial charge in [0.15, 0.2) is 5.69 Å². The number of carboxylic acid groups (broad SMARTS) is 1. The normalized spacial score (nSPS) is 16.1. The van der Waals surface area contributed by atoms with E-state index in [1.807, 2.05) is 6.08 Å². The average Bonchev–Trinajstić information content (AvgIpc) is 2.68. The Bertz CT molecular complexity index is 395. The molecular formula is C10H12N2O3. The lowest BCUT2D eigenvalue weighted by molar-refractivity contribution is 0.0691. The van der Waals surface area contributed by atoms with Gasteiger partial charge in [-0.25, -0.2) is 9.78 Å². The summed E-state index contributed by atoms with van der Waals surface area (Å²) >= 11 is 0. The summed E-state index contributed by atoms with van der Waals surface area (Å²) in [6.45, 7) is 2.09. The van der Waals surface area contributed by atoms with E-state index in [-0.39, 0.29) is 5.69 Å². The van der Waals surface area contributed by atoms with Gasteiger partial charge in [-0.1, -0.05) is 6.08 Å². The van der Waals surface area contributed by atoms with Gasteiger partial charge in [-0.05, 0) is 12.0 Å². The molecule has 15 heavy (non-hydrogen) atoms. The highest BCUT2D eigenvalue weighted by molar-refractivity contribution is 5.84. The van der Waals surface area contributed by atoms with Crippen molar-refractivity contribution in [1.82, 2.24) is 9.55 Å². The molecule has 0 bridgehead atoms. The van der Waals surface area contributed by atoms with Crippen molar-refractivity contribution in [2.75, 3.05) is 13.2 Å². The molecule has 0 radical (unpaired) electrons. The molecule has 1 aromatic heterocycles. The van der Waals surface area contributed by atoms with Crippen LogP contribution in [-0.2, 0) is 11.3 Å². The molecule has 1 N–H and O–H groups in total. The lowest BCUT2D eigenvalue weighted by Crippen LogP contribution is -2.09. The zero-order valence-corrected chi connectivity index (χ0v) is 8.22. The molecule has 2 rings (SSSR count). The highest BCUT2D eigenvalue weighted by Gasteiger charge is 2.08. The largest absolute Gasteiger partial charge is 0.476 e. The van der Waals surface area contributed by atoms with Crippen LogP contribution in [0.15, 0.2) is 24.2 Å². The molecule has 0 aliphatic carbocycles. The number of carboxylic acids is 1. The Kier molecular flexibility index (Phi) is 2.82. The number of rotatable bonds is 3. The summed E-state index contributed by atoms with van der Waals surface area (Å²) in [6, 6.07) is 0. The minimum atomic E-state index is -0.991. The van der Waals surface area contributed by atoms with Gasteiger partial charge in [-0.15, -0.1) is 0 Å². The van der Waals surface area contributed by atoms with Crippen molar-refractivity contribution in [2.24, 2.45) is 0 Å². The van der Waals surface area contributed by atoms with Gasteiger partial charge < -0.3 is 14.4 Å². The Morgan fingerprint density at radius 3 is 3.13 bits per heavy atom. The smallest absolute Gasteiger partial charge is 0.356 e. The molecule has 5 nitrogen and oxygen atoms in total. The summed E-state index contributed by atoms with van der Waals surface area (Å²) in [4.78, 5) is 14.4. The summed E-state index contributed by atoms with van der Waals surface area (Å²) in [5.41, 5.74) is 1.35. The van der Waals surface area contributed by atoms with Gasteiger partial charge in [-0.3, -0.25) is 0 Å². The highest BCUT2D eigenvalue weighted by Crippen LogP contribution is 2.10. The van der Waals surface area contributed by atoms with Crippen LogP contribution in [0.5, 0.6) is 0 Å². The molecule has 0 atom stereocenters. The molecule has 80 valence electrons. The number of carbonyl (C=O) groups is 1. The zero-order chi connectivity index (χ0) is 10.7. The Morgan fingerprint density at radius 2 is 2.53 bits per heavy atom. The van der Waals surface area contributed by atoms with Crippen LogP contribution in [0.2, 0.25) is 0 Å². The van der Waals surface area contributed by atoms with Gasteiger partial charge in [0.05, 0.1) is 19.5 Å². The summed E-state index contributed by atoms with van der Waals surface area (Å²) in [6.07, 6.45) is 6.02. The fourth-order valence-corrected chi connectivity index (χ4v) is 1.50. The molecule has 0 saturated heterocycles. The highest BCUT2D eigenvalue weighted by atomic mass is 16.5. The number of aromatic carboxylic acids is 1. The van der Waals surface area contributed by atoms with E-state index in [4.69, 9.17) is 9.84 Å². The van der Waals surface area contributed by atoms with Crippen LogP contribution in [0.4, 0.5) is 0 Å². The van der Waals surface area contributed by atoms with Gasteiger partial charge in [0.25, 0.3) is 0 Å². The Labute approximate surface area is 87.0 Å². The quantitative estimate of drug-likeness (QED) is 0.750. The number of nitrogens with zero attached hydrogens (tertiary/aromatic N) is 2. The molecule has 1 aliphatic rings. The topological polar surface area (TPSA) is 64.3 Å². The van der Waals surface area contributed by atoms with Gasteiger partial charge in [0.2, 0.25) is 0 Å². The standard InChI is InChI=1S/C10H12N2O3/c13-10(14)9-6-12(7-11-9)5-8-1-3-15-4-2-8/h1,6-7H,2-5H2,(H,13,14). The molecule has 0 fully saturated rings. The van der Waals surface area contributed by atoms with Crippen LogP contribution in [-0.4, -0.2) is 33.8 Å².